The Morgan fingerprint density at radius 2 is 2.00 bits per heavy atom. The third-order valence-corrected chi connectivity index (χ3v) is 2.53. The smallest absolute Gasteiger partial charge is 0.234 e. The largest absolute Gasteiger partial charge is 0.494 e. The van der Waals surface area contributed by atoms with E-state index in [0.717, 1.165) is 11.3 Å². The van der Waals surface area contributed by atoms with Gasteiger partial charge < -0.3 is 14.1 Å². The summed E-state index contributed by atoms with van der Waals surface area (Å²) in [5.74, 6) is 1.70. The highest BCUT2D eigenvalue weighted by Crippen LogP contribution is 2.27. The molecule has 0 aliphatic rings. The van der Waals surface area contributed by atoms with Gasteiger partial charge in [-0.05, 0) is 31.2 Å². The van der Waals surface area contributed by atoms with Gasteiger partial charge in [0.15, 0.2) is 0 Å². The minimum absolute atomic E-state index is 0.286. The molecule has 0 N–H and O–H groups in total. The van der Waals surface area contributed by atoms with Crippen LogP contribution in [0.3, 0.4) is 0 Å². The van der Waals surface area contributed by atoms with Gasteiger partial charge >= 0.3 is 0 Å². The molecule has 2 rings (SSSR count). The van der Waals surface area contributed by atoms with Crippen LogP contribution in [0.1, 0.15) is 12.6 Å². The minimum atomic E-state index is 0.286. The van der Waals surface area contributed by atoms with Crippen molar-refractivity contribution in [3.05, 3.63) is 30.0 Å². The van der Waals surface area contributed by atoms with E-state index in [1.165, 1.54) is 0 Å². The van der Waals surface area contributed by atoms with Gasteiger partial charge in [0.05, 0.1) is 6.61 Å². The van der Waals surface area contributed by atoms with E-state index in [1.807, 2.05) is 51.4 Å². The lowest BCUT2D eigenvalue weighted by molar-refractivity contribution is 0.340. The van der Waals surface area contributed by atoms with E-state index >= 15 is 0 Å². The molecule has 0 radical (unpaired) electrons. The van der Waals surface area contributed by atoms with Crippen LogP contribution in [-0.4, -0.2) is 25.7 Å². The zero-order chi connectivity index (χ0) is 13.8. The van der Waals surface area contributed by atoms with Crippen LogP contribution in [0.15, 0.2) is 28.7 Å². The summed E-state index contributed by atoms with van der Waals surface area (Å²) in [5, 5.41) is 9.02. The Labute approximate surface area is 112 Å². The first kappa shape index (κ1) is 13.0. The average Bonchev–Trinajstić information content (AvgIpc) is 2.84. The molecule has 0 atom stereocenters. The maximum absolute atomic E-state index is 9.02. The van der Waals surface area contributed by atoms with Crippen molar-refractivity contribution in [2.75, 3.05) is 25.6 Å². The van der Waals surface area contributed by atoms with Crippen LogP contribution in [0, 0.1) is 11.3 Å². The second-order valence-electron chi connectivity index (χ2n) is 4.14. The second-order valence-corrected chi connectivity index (χ2v) is 4.14. The van der Waals surface area contributed by atoms with Gasteiger partial charge in [-0.25, -0.2) is 0 Å². The second kappa shape index (κ2) is 5.44. The molecule has 0 amide bonds. The van der Waals surface area contributed by atoms with Crippen molar-refractivity contribution < 1.29 is 9.15 Å². The molecule has 0 aliphatic heterocycles. The highest BCUT2D eigenvalue weighted by Gasteiger charge is 2.15. The number of anilines is 1. The standard InChI is InChI=1S/C14H15N3O2/c1-4-18-11-7-5-10(6-8-11)13-16-12(9-15)14(19-13)17(2)3/h5-8H,4H2,1-3H3. The molecule has 98 valence electrons. The van der Waals surface area contributed by atoms with Crippen LogP contribution in [0.5, 0.6) is 5.75 Å². The minimum Gasteiger partial charge on any atom is -0.494 e. The molecular formula is C14H15N3O2. The van der Waals surface area contributed by atoms with E-state index in [9.17, 15) is 0 Å². The Morgan fingerprint density at radius 1 is 1.32 bits per heavy atom. The van der Waals surface area contributed by atoms with Crippen molar-refractivity contribution in [1.82, 2.24) is 4.98 Å². The molecule has 5 heteroatoms. The summed E-state index contributed by atoms with van der Waals surface area (Å²) in [6.07, 6.45) is 0. The van der Waals surface area contributed by atoms with Crippen molar-refractivity contribution >= 4 is 5.88 Å². The lowest BCUT2D eigenvalue weighted by atomic mass is 10.2. The van der Waals surface area contributed by atoms with Crippen LogP contribution in [-0.2, 0) is 0 Å². The van der Waals surface area contributed by atoms with Gasteiger partial charge in [0.2, 0.25) is 17.5 Å². The third kappa shape index (κ3) is 2.68. The van der Waals surface area contributed by atoms with E-state index in [-0.39, 0.29) is 5.69 Å². The van der Waals surface area contributed by atoms with Gasteiger partial charge in [-0.1, -0.05) is 0 Å². The summed E-state index contributed by atoms with van der Waals surface area (Å²) in [6, 6.07) is 9.45. The van der Waals surface area contributed by atoms with Crippen LogP contribution in [0.2, 0.25) is 0 Å². The van der Waals surface area contributed by atoms with E-state index in [4.69, 9.17) is 14.4 Å². The molecular weight excluding hydrogens is 242 g/mol. The Balaban J connectivity index is 2.34. The van der Waals surface area contributed by atoms with Gasteiger partial charge in [-0.15, -0.1) is 0 Å². The molecule has 1 aromatic heterocycles. The number of ether oxygens (including phenoxy) is 1. The van der Waals surface area contributed by atoms with Crippen molar-refractivity contribution in [1.29, 1.82) is 5.26 Å². The number of aromatic nitrogens is 1. The molecule has 0 bridgehead atoms. The predicted octanol–water partition coefficient (Wildman–Crippen LogP) is 2.68. The molecule has 2 aromatic rings. The van der Waals surface area contributed by atoms with Gasteiger partial charge in [0.25, 0.3) is 0 Å². The Morgan fingerprint density at radius 3 is 2.47 bits per heavy atom. The fourth-order valence-corrected chi connectivity index (χ4v) is 1.67. The van der Waals surface area contributed by atoms with Crippen LogP contribution >= 0.6 is 0 Å². The van der Waals surface area contributed by atoms with E-state index in [2.05, 4.69) is 4.98 Å². The predicted molar refractivity (Wildman–Crippen MR) is 72.2 cm³/mol. The number of nitrogens with zero attached hydrogens (tertiary/aromatic N) is 3. The molecule has 0 saturated heterocycles. The van der Waals surface area contributed by atoms with Crippen molar-refractivity contribution in [3.63, 3.8) is 0 Å². The van der Waals surface area contributed by atoms with Gasteiger partial charge in [0, 0.05) is 19.7 Å². The quantitative estimate of drug-likeness (QED) is 0.842. The fourth-order valence-electron chi connectivity index (χ4n) is 1.67. The topological polar surface area (TPSA) is 62.3 Å². The normalized spacial score (nSPS) is 10.0. The molecule has 0 spiro atoms. The molecule has 0 fully saturated rings. The summed E-state index contributed by atoms with van der Waals surface area (Å²) in [7, 11) is 3.62. The zero-order valence-corrected chi connectivity index (χ0v) is 11.2. The summed E-state index contributed by atoms with van der Waals surface area (Å²) < 4.78 is 11.0. The number of rotatable bonds is 4. The summed E-state index contributed by atoms with van der Waals surface area (Å²) >= 11 is 0. The van der Waals surface area contributed by atoms with Crippen LogP contribution in [0.4, 0.5) is 5.88 Å². The molecule has 1 heterocycles. The van der Waals surface area contributed by atoms with Gasteiger partial charge in [0.1, 0.15) is 11.8 Å². The van der Waals surface area contributed by atoms with Crippen LogP contribution < -0.4 is 9.64 Å². The van der Waals surface area contributed by atoms with E-state index in [1.54, 1.807) is 4.90 Å². The van der Waals surface area contributed by atoms with E-state index in [0.29, 0.717) is 18.4 Å². The van der Waals surface area contributed by atoms with Crippen molar-refractivity contribution in [2.24, 2.45) is 0 Å². The van der Waals surface area contributed by atoms with E-state index < -0.39 is 0 Å². The third-order valence-electron chi connectivity index (χ3n) is 2.53. The molecule has 0 saturated carbocycles. The molecule has 0 aliphatic carbocycles. The number of benzene rings is 1. The molecule has 19 heavy (non-hydrogen) atoms. The zero-order valence-electron chi connectivity index (χ0n) is 11.2. The maximum Gasteiger partial charge on any atom is 0.234 e. The first-order chi connectivity index (χ1) is 9.15. The summed E-state index contributed by atoms with van der Waals surface area (Å²) in [5.41, 5.74) is 1.10. The Kier molecular flexibility index (Phi) is 3.71. The molecule has 0 unspecified atom stereocenters. The summed E-state index contributed by atoms with van der Waals surface area (Å²) in [6.45, 7) is 2.56. The highest BCUT2D eigenvalue weighted by molar-refractivity contribution is 5.59. The van der Waals surface area contributed by atoms with Gasteiger partial charge in [-0.3, -0.25) is 0 Å². The van der Waals surface area contributed by atoms with Crippen molar-refractivity contribution in [3.8, 4) is 23.3 Å². The van der Waals surface area contributed by atoms with Crippen molar-refractivity contribution in [2.45, 2.75) is 6.92 Å². The first-order valence-electron chi connectivity index (χ1n) is 5.97. The van der Waals surface area contributed by atoms with Crippen LogP contribution in [0.25, 0.3) is 11.5 Å². The maximum atomic E-state index is 9.02. The monoisotopic (exact) mass is 257 g/mol. The fraction of sp³-hybridized carbons (Fsp3) is 0.286. The number of hydrogen-bond donors (Lipinski definition) is 0. The SMILES string of the molecule is CCOc1ccc(-c2nc(C#N)c(N(C)C)o2)cc1. The number of hydrogen-bond acceptors (Lipinski definition) is 5. The lowest BCUT2D eigenvalue weighted by Gasteiger charge is -2.06. The Bertz CT molecular complexity index is 594. The first-order valence-corrected chi connectivity index (χ1v) is 5.97. The highest BCUT2D eigenvalue weighted by atomic mass is 16.5. The molecule has 1 aromatic carbocycles. The lowest BCUT2D eigenvalue weighted by Crippen LogP contribution is -2.08. The summed E-state index contributed by atoms with van der Waals surface area (Å²) in [4.78, 5) is 5.91. The average molecular weight is 257 g/mol. The Hall–Kier alpha value is -2.48. The number of oxazole rings is 1. The van der Waals surface area contributed by atoms with Gasteiger partial charge in [-0.2, -0.15) is 10.2 Å². The number of nitriles is 1. The molecule has 5 nitrogen and oxygen atoms in total.